The molecule has 0 unspecified atom stereocenters. The molecule has 3 heterocycles. The number of carbonyl (C=O) groups is 1. The molecular weight excluding hydrogens is 568 g/mol. The van der Waals surface area contributed by atoms with Crippen LogP contribution in [0.25, 0.3) is 6.08 Å². The Morgan fingerprint density at radius 3 is 2.60 bits per heavy atom. The number of aromatic nitrogens is 1. The highest BCUT2D eigenvalue weighted by Gasteiger charge is 2.34. The van der Waals surface area contributed by atoms with Crippen molar-refractivity contribution in [2.24, 2.45) is 4.99 Å². The van der Waals surface area contributed by atoms with Crippen molar-refractivity contribution in [2.75, 3.05) is 20.0 Å². The minimum Gasteiger partial charge on any atom is -0.490 e. The summed E-state index contributed by atoms with van der Waals surface area (Å²) in [6.07, 6.45) is 1.80. The first-order chi connectivity index (χ1) is 21.0. The molecule has 1 aromatic heterocycles. The lowest BCUT2D eigenvalue weighted by atomic mass is 9.95. The van der Waals surface area contributed by atoms with Gasteiger partial charge in [0.15, 0.2) is 27.8 Å². The van der Waals surface area contributed by atoms with Crippen LogP contribution in [0.15, 0.2) is 87.8 Å². The van der Waals surface area contributed by atoms with Crippen molar-refractivity contribution in [3.63, 3.8) is 0 Å². The maximum atomic E-state index is 14.0. The predicted molar refractivity (Wildman–Crippen MR) is 161 cm³/mol. The SMILES string of the molecule is CCOC(=O)C1=C(C)N=c2s/c(=C\c3ccc(OCc4ccccc4)c(OCC)c3)c(=O)n2[C@H]1c1ccc2c(c1)OCO2. The van der Waals surface area contributed by atoms with E-state index in [9.17, 15) is 9.59 Å². The lowest BCUT2D eigenvalue weighted by molar-refractivity contribution is -0.139. The van der Waals surface area contributed by atoms with E-state index < -0.39 is 12.0 Å². The lowest BCUT2D eigenvalue weighted by Gasteiger charge is -2.24. The summed E-state index contributed by atoms with van der Waals surface area (Å²) < 4.78 is 30.4. The molecule has 0 radical (unpaired) electrons. The standard InChI is InChI=1S/C33H30N2O7S/c1-4-38-26-15-22(11-13-24(26)40-18-21-9-7-6-8-10-21)16-28-31(36)35-30(23-12-14-25-27(17-23)42-19-41-25)29(32(37)39-5-2)20(3)34-33(35)43-28/h6-17,30H,4-5,18-19H2,1-3H3/b28-16-/t30-/m0/s1. The number of benzene rings is 3. The summed E-state index contributed by atoms with van der Waals surface area (Å²) in [6, 6.07) is 20.1. The molecule has 1 atom stereocenters. The molecular formula is C33H30N2O7S. The van der Waals surface area contributed by atoms with E-state index in [-0.39, 0.29) is 19.0 Å². The van der Waals surface area contributed by atoms with Crippen LogP contribution in [0.2, 0.25) is 0 Å². The topological polar surface area (TPSA) is 97.6 Å². The molecule has 0 bridgehead atoms. The van der Waals surface area contributed by atoms with Gasteiger partial charge in [-0.15, -0.1) is 0 Å². The third-order valence-corrected chi connectivity index (χ3v) is 8.01. The Morgan fingerprint density at radius 2 is 1.81 bits per heavy atom. The van der Waals surface area contributed by atoms with Gasteiger partial charge in [-0.3, -0.25) is 9.36 Å². The van der Waals surface area contributed by atoms with Crippen LogP contribution < -0.4 is 33.8 Å². The summed E-state index contributed by atoms with van der Waals surface area (Å²) in [5, 5.41) is 0. The molecule has 0 aliphatic carbocycles. The van der Waals surface area contributed by atoms with E-state index in [1.54, 1.807) is 36.6 Å². The van der Waals surface area contributed by atoms with E-state index in [1.807, 2.05) is 61.5 Å². The third kappa shape index (κ3) is 5.65. The molecule has 9 nitrogen and oxygen atoms in total. The van der Waals surface area contributed by atoms with Crippen molar-refractivity contribution >= 4 is 23.4 Å². The van der Waals surface area contributed by atoms with Crippen molar-refractivity contribution in [3.8, 4) is 23.0 Å². The van der Waals surface area contributed by atoms with Crippen molar-refractivity contribution in [1.82, 2.24) is 4.57 Å². The number of rotatable bonds is 9. The fraction of sp³-hybridized carbons (Fsp3) is 0.242. The van der Waals surface area contributed by atoms with E-state index in [0.29, 0.717) is 62.4 Å². The van der Waals surface area contributed by atoms with Crippen LogP contribution in [0.1, 0.15) is 43.5 Å². The fourth-order valence-corrected chi connectivity index (χ4v) is 6.13. The molecule has 0 saturated heterocycles. The smallest absolute Gasteiger partial charge is 0.338 e. The molecule has 10 heteroatoms. The molecule has 2 aliphatic heterocycles. The van der Waals surface area contributed by atoms with Gasteiger partial charge in [-0.05, 0) is 67.8 Å². The summed E-state index contributed by atoms with van der Waals surface area (Å²) >= 11 is 1.26. The van der Waals surface area contributed by atoms with Gasteiger partial charge in [0, 0.05) is 0 Å². The van der Waals surface area contributed by atoms with E-state index in [2.05, 4.69) is 4.99 Å². The first kappa shape index (κ1) is 28.3. The van der Waals surface area contributed by atoms with Crippen LogP contribution in [0, 0.1) is 0 Å². The van der Waals surface area contributed by atoms with Crippen LogP contribution in [0.3, 0.4) is 0 Å². The maximum Gasteiger partial charge on any atom is 0.338 e. The molecule has 0 spiro atoms. The quantitative estimate of drug-likeness (QED) is 0.262. The minimum absolute atomic E-state index is 0.112. The zero-order chi connectivity index (χ0) is 29.9. The Hall–Kier alpha value is -4.83. The van der Waals surface area contributed by atoms with Crippen molar-refractivity contribution in [2.45, 2.75) is 33.4 Å². The number of ether oxygens (including phenoxy) is 5. The molecule has 220 valence electrons. The van der Waals surface area contributed by atoms with Crippen LogP contribution >= 0.6 is 11.3 Å². The number of esters is 1. The molecule has 0 saturated carbocycles. The van der Waals surface area contributed by atoms with Gasteiger partial charge in [0.1, 0.15) is 6.61 Å². The molecule has 0 N–H and O–H groups in total. The van der Waals surface area contributed by atoms with Gasteiger partial charge >= 0.3 is 5.97 Å². The summed E-state index contributed by atoms with van der Waals surface area (Å²) in [5.74, 6) is 1.83. The van der Waals surface area contributed by atoms with Crippen LogP contribution in [-0.4, -0.2) is 30.5 Å². The van der Waals surface area contributed by atoms with Gasteiger partial charge in [0.2, 0.25) is 6.79 Å². The third-order valence-electron chi connectivity index (χ3n) is 7.03. The number of hydrogen-bond donors (Lipinski definition) is 0. The summed E-state index contributed by atoms with van der Waals surface area (Å²) in [4.78, 5) is 32.3. The monoisotopic (exact) mass is 598 g/mol. The minimum atomic E-state index is -0.750. The number of nitrogens with zero attached hydrogens (tertiary/aromatic N) is 2. The number of carbonyl (C=O) groups excluding carboxylic acids is 1. The lowest BCUT2D eigenvalue weighted by Crippen LogP contribution is -2.39. The molecule has 6 rings (SSSR count). The zero-order valence-electron chi connectivity index (χ0n) is 24.0. The van der Waals surface area contributed by atoms with Crippen molar-refractivity contribution in [1.29, 1.82) is 0 Å². The van der Waals surface area contributed by atoms with Gasteiger partial charge in [-0.1, -0.05) is 53.8 Å². The second-order valence-electron chi connectivity index (χ2n) is 9.83. The van der Waals surface area contributed by atoms with E-state index in [1.165, 1.54) is 11.3 Å². The Labute approximate surface area is 251 Å². The Balaban J connectivity index is 1.41. The van der Waals surface area contributed by atoms with Gasteiger partial charge in [-0.25, -0.2) is 9.79 Å². The average Bonchev–Trinajstić information content (AvgIpc) is 3.60. The Bertz CT molecular complexity index is 1890. The molecule has 0 fully saturated rings. The largest absolute Gasteiger partial charge is 0.490 e. The molecule has 0 amide bonds. The highest BCUT2D eigenvalue weighted by Crippen LogP contribution is 2.38. The van der Waals surface area contributed by atoms with Gasteiger partial charge in [-0.2, -0.15) is 0 Å². The van der Waals surface area contributed by atoms with E-state index in [0.717, 1.165) is 11.1 Å². The predicted octanol–water partition coefficient (Wildman–Crippen LogP) is 4.50. The molecule has 3 aromatic carbocycles. The number of thiazole rings is 1. The number of hydrogen-bond acceptors (Lipinski definition) is 9. The molecule has 43 heavy (non-hydrogen) atoms. The van der Waals surface area contributed by atoms with Crippen LogP contribution in [-0.2, 0) is 16.1 Å². The normalized spacial score (nSPS) is 15.6. The summed E-state index contributed by atoms with van der Waals surface area (Å²) in [5.41, 5.74) is 3.02. The van der Waals surface area contributed by atoms with Gasteiger partial charge in [0.05, 0.1) is 35.1 Å². The van der Waals surface area contributed by atoms with Crippen molar-refractivity contribution < 1.29 is 28.5 Å². The van der Waals surface area contributed by atoms with E-state index in [4.69, 9.17) is 23.7 Å². The fourth-order valence-electron chi connectivity index (χ4n) is 5.08. The highest BCUT2D eigenvalue weighted by molar-refractivity contribution is 7.07. The van der Waals surface area contributed by atoms with Crippen LogP contribution in [0.4, 0.5) is 0 Å². The second-order valence-corrected chi connectivity index (χ2v) is 10.8. The maximum absolute atomic E-state index is 14.0. The summed E-state index contributed by atoms with van der Waals surface area (Å²) in [6.45, 7) is 6.58. The first-order valence-corrected chi connectivity index (χ1v) is 14.8. The zero-order valence-corrected chi connectivity index (χ0v) is 24.8. The second kappa shape index (κ2) is 12.2. The Kier molecular flexibility index (Phi) is 8.02. The Morgan fingerprint density at radius 1 is 1.00 bits per heavy atom. The van der Waals surface area contributed by atoms with Crippen molar-refractivity contribution in [3.05, 3.63) is 114 Å². The van der Waals surface area contributed by atoms with Gasteiger partial charge < -0.3 is 23.7 Å². The molecule has 2 aliphatic rings. The van der Waals surface area contributed by atoms with Crippen LogP contribution in [0.5, 0.6) is 23.0 Å². The number of allylic oxidation sites excluding steroid dienone is 1. The summed E-state index contributed by atoms with van der Waals surface area (Å²) in [7, 11) is 0. The average molecular weight is 599 g/mol. The highest BCUT2D eigenvalue weighted by atomic mass is 32.1. The van der Waals surface area contributed by atoms with Gasteiger partial charge in [0.25, 0.3) is 5.56 Å². The molecule has 4 aromatic rings. The number of fused-ring (bicyclic) bond motifs is 2. The first-order valence-electron chi connectivity index (χ1n) is 14.0. The van der Waals surface area contributed by atoms with E-state index >= 15 is 0 Å².